The summed E-state index contributed by atoms with van der Waals surface area (Å²) in [6, 6.07) is 0. The third-order valence-corrected chi connectivity index (χ3v) is 11.5. The first-order chi connectivity index (χ1) is 29.2. The van der Waals surface area contributed by atoms with Gasteiger partial charge in [0.05, 0.1) is 19.8 Å². The largest absolute Gasteiger partial charge is 0.472 e. The molecule has 10 nitrogen and oxygen atoms in total. The number of carbonyl (C=O) groups excluding carboxylic acids is 2. The number of hydrogen-bond acceptors (Lipinski definition) is 9. The van der Waals surface area contributed by atoms with Crippen LogP contribution in [0.15, 0.2) is 36.5 Å². The number of ether oxygens (including phenoxy) is 2. The Balaban J connectivity index is 4.23. The summed E-state index contributed by atoms with van der Waals surface area (Å²) >= 11 is 0. The highest BCUT2D eigenvalue weighted by Gasteiger charge is 2.27. The Kier molecular flexibility index (Phi) is 43.9. The maximum Gasteiger partial charge on any atom is 0.472 e. The minimum atomic E-state index is -4.62. The smallest absolute Gasteiger partial charge is 0.462 e. The van der Waals surface area contributed by atoms with Gasteiger partial charge in [-0.3, -0.25) is 18.6 Å². The third kappa shape index (κ3) is 44.3. The van der Waals surface area contributed by atoms with Gasteiger partial charge >= 0.3 is 19.8 Å². The van der Waals surface area contributed by atoms with Crippen LogP contribution in [0.5, 0.6) is 0 Å². The molecule has 0 aliphatic rings. The van der Waals surface area contributed by atoms with Crippen molar-refractivity contribution in [2.45, 2.75) is 238 Å². The minimum Gasteiger partial charge on any atom is -0.462 e. The van der Waals surface area contributed by atoms with Gasteiger partial charge in [-0.2, -0.15) is 0 Å². The molecule has 0 aromatic carbocycles. The van der Waals surface area contributed by atoms with Crippen LogP contribution in [-0.2, 0) is 32.7 Å². The van der Waals surface area contributed by atoms with E-state index in [2.05, 4.69) is 50.3 Å². The molecule has 352 valence electrons. The summed E-state index contributed by atoms with van der Waals surface area (Å²) in [5, 5.41) is 18.4. The molecule has 0 saturated carbocycles. The lowest BCUT2D eigenvalue weighted by Crippen LogP contribution is -2.29. The molecular weight excluding hydrogens is 780 g/mol. The Labute approximate surface area is 367 Å². The Morgan fingerprint density at radius 3 is 1.33 bits per heavy atom. The number of carbonyl (C=O) groups is 2. The van der Waals surface area contributed by atoms with Crippen molar-refractivity contribution in [1.82, 2.24) is 0 Å². The molecule has 0 aromatic rings. The van der Waals surface area contributed by atoms with Crippen LogP contribution < -0.4 is 0 Å². The van der Waals surface area contributed by atoms with Crippen molar-refractivity contribution in [2.75, 3.05) is 26.4 Å². The van der Waals surface area contributed by atoms with Crippen LogP contribution >= 0.6 is 7.82 Å². The lowest BCUT2D eigenvalue weighted by atomic mass is 10.0. The summed E-state index contributed by atoms with van der Waals surface area (Å²) in [6.45, 7) is 2.36. The van der Waals surface area contributed by atoms with Gasteiger partial charge in [-0.15, -0.1) is 0 Å². The molecule has 0 aliphatic carbocycles. The second kappa shape index (κ2) is 45.2. The zero-order chi connectivity index (χ0) is 44.0. The van der Waals surface area contributed by atoms with Crippen molar-refractivity contribution in [2.24, 2.45) is 0 Å². The Hall–Kier alpha value is -1.81. The highest BCUT2D eigenvalue weighted by Crippen LogP contribution is 2.43. The fourth-order valence-corrected chi connectivity index (χ4v) is 7.56. The van der Waals surface area contributed by atoms with Crippen molar-refractivity contribution in [3.05, 3.63) is 36.5 Å². The lowest BCUT2D eigenvalue weighted by Gasteiger charge is -2.20. The molecule has 60 heavy (non-hydrogen) atoms. The van der Waals surface area contributed by atoms with E-state index < -0.39 is 51.8 Å². The standard InChI is InChI=1S/C49H91O10P/c1-3-5-7-9-11-13-15-17-19-21-22-23-25-27-29-31-33-35-37-39-41-49(53)59-47(45-58-60(54,55)57-43-46(51)42-50)44-56-48(52)40-38-36-34-32-30-28-26-24-20-18-16-14-12-10-8-6-4-2/h12,14,18,20,26,28,46-47,50-51H,3-11,13,15-17,19,21-25,27,29-45H2,1-2H3,(H,54,55)/b14-12+,20-18+,28-26+/t46-,47+/m0/s1. The van der Waals surface area contributed by atoms with Crippen LogP contribution in [0, 0.1) is 0 Å². The number of unbranched alkanes of at least 4 members (excludes halogenated alkanes) is 26. The summed E-state index contributed by atoms with van der Waals surface area (Å²) in [4.78, 5) is 35.1. The highest BCUT2D eigenvalue weighted by atomic mass is 31.2. The predicted octanol–water partition coefficient (Wildman–Crippen LogP) is 13.5. The van der Waals surface area contributed by atoms with Crippen LogP contribution in [0.3, 0.4) is 0 Å². The normalized spacial score (nSPS) is 14.0. The van der Waals surface area contributed by atoms with E-state index in [4.69, 9.17) is 23.6 Å². The third-order valence-electron chi connectivity index (χ3n) is 10.5. The van der Waals surface area contributed by atoms with Crippen molar-refractivity contribution in [1.29, 1.82) is 0 Å². The van der Waals surface area contributed by atoms with E-state index in [1.54, 1.807) is 0 Å². The van der Waals surface area contributed by atoms with E-state index in [1.165, 1.54) is 128 Å². The van der Waals surface area contributed by atoms with E-state index in [1.807, 2.05) is 0 Å². The number of allylic oxidation sites excluding steroid dienone is 6. The summed E-state index contributed by atoms with van der Waals surface area (Å²) < 4.78 is 32.8. The maximum absolute atomic E-state index is 12.7. The number of hydrogen-bond donors (Lipinski definition) is 3. The number of aliphatic hydroxyl groups is 2. The van der Waals surface area contributed by atoms with Gasteiger partial charge in [-0.1, -0.05) is 198 Å². The molecule has 0 heterocycles. The van der Waals surface area contributed by atoms with Gasteiger partial charge in [0, 0.05) is 12.8 Å². The van der Waals surface area contributed by atoms with Gasteiger partial charge < -0.3 is 24.6 Å². The molecular formula is C49H91O10P. The molecule has 0 amide bonds. The Morgan fingerprint density at radius 1 is 0.500 bits per heavy atom. The van der Waals surface area contributed by atoms with Crippen LogP contribution in [0.25, 0.3) is 0 Å². The first-order valence-electron chi connectivity index (χ1n) is 24.4. The summed E-state index contributed by atoms with van der Waals surface area (Å²) in [5.41, 5.74) is 0. The molecule has 0 spiro atoms. The Bertz CT molecular complexity index is 1090. The zero-order valence-corrected chi connectivity index (χ0v) is 39.3. The van der Waals surface area contributed by atoms with Crippen LogP contribution in [-0.4, -0.2) is 65.7 Å². The van der Waals surface area contributed by atoms with Crippen molar-refractivity contribution in [3.63, 3.8) is 0 Å². The SMILES string of the molecule is CCCCC/C=C/C/C=C/C/C=C/CCCCCCC(=O)OC[C@H](COP(=O)(O)OC[C@@H](O)CO)OC(=O)CCCCCCCCCCCCCCCCCCCCCC. The zero-order valence-electron chi connectivity index (χ0n) is 38.4. The molecule has 3 N–H and O–H groups in total. The monoisotopic (exact) mass is 871 g/mol. The summed E-state index contributed by atoms with van der Waals surface area (Å²) in [6.07, 6.45) is 48.2. The van der Waals surface area contributed by atoms with E-state index >= 15 is 0 Å². The average molecular weight is 871 g/mol. The second-order valence-corrected chi connectivity index (χ2v) is 17.9. The van der Waals surface area contributed by atoms with Crippen molar-refractivity contribution >= 4 is 19.8 Å². The maximum atomic E-state index is 12.7. The van der Waals surface area contributed by atoms with E-state index in [-0.39, 0.29) is 19.4 Å². The summed E-state index contributed by atoms with van der Waals surface area (Å²) in [5.74, 6) is -0.941. The molecule has 0 bridgehead atoms. The highest BCUT2D eigenvalue weighted by molar-refractivity contribution is 7.47. The van der Waals surface area contributed by atoms with E-state index in [0.717, 1.165) is 57.8 Å². The number of rotatable bonds is 46. The molecule has 0 saturated heterocycles. The predicted molar refractivity (Wildman–Crippen MR) is 247 cm³/mol. The fraction of sp³-hybridized carbons (Fsp3) is 0.837. The quantitative estimate of drug-likeness (QED) is 0.0234. The number of phosphoric ester groups is 1. The topological polar surface area (TPSA) is 149 Å². The van der Waals surface area contributed by atoms with Gasteiger partial charge in [-0.25, -0.2) is 4.57 Å². The van der Waals surface area contributed by atoms with Crippen molar-refractivity contribution < 1.29 is 47.8 Å². The van der Waals surface area contributed by atoms with Crippen LogP contribution in [0.4, 0.5) is 0 Å². The van der Waals surface area contributed by atoms with Gasteiger partial charge in [0.2, 0.25) is 0 Å². The van der Waals surface area contributed by atoms with Gasteiger partial charge in [0.25, 0.3) is 0 Å². The summed E-state index contributed by atoms with van der Waals surface area (Å²) in [7, 11) is -4.62. The van der Waals surface area contributed by atoms with Crippen LogP contribution in [0.1, 0.15) is 226 Å². The lowest BCUT2D eigenvalue weighted by molar-refractivity contribution is -0.161. The molecule has 0 fully saturated rings. The number of phosphoric acid groups is 1. The van der Waals surface area contributed by atoms with Gasteiger partial charge in [-0.05, 0) is 51.4 Å². The van der Waals surface area contributed by atoms with E-state index in [9.17, 15) is 24.2 Å². The molecule has 0 radical (unpaired) electrons. The second-order valence-electron chi connectivity index (χ2n) is 16.5. The minimum absolute atomic E-state index is 0.183. The first kappa shape index (κ1) is 58.2. The first-order valence-corrected chi connectivity index (χ1v) is 25.9. The van der Waals surface area contributed by atoms with Crippen LogP contribution in [0.2, 0.25) is 0 Å². The molecule has 11 heteroatoms. The van der Waals surface area contributed by atoms with E-state index in [0.29, 0.717) is 12.8 Å². The average Bonchev–Trinajstić information content (AvgIpc) is 3.24. The molecule has 0 aliphatic heterocycles. The molecule has 0 rings (SSSR count). The van der Waals surface area contributed by atoms with Gasteiger partial charge in [0.15, 0.2) is 6.10 Å². The van der Waals surface area contributed by atoms with Gasteiger partial charge in [0.1, 0.15) is 12.7 Å². The number of esters is 2. The molecule has 1 unspecified atom stereocenters. The fourth-order valence-electron chi connectivity index (χ4n) is 6.77. The molecule has 0 aromatic heterocycles. The number of aliphatic hydroxyl groups excluding tert-OH is 2. The molecule has 3 atom stereocenters. The van der Waals surface area contributed by atoms with Crippen molar-refractivity contribution in [3.8, 4) is 0 Å². The Morgan fingerprint density at radius 2 is 0.867 bits per heavy atom.